The monoisotopic (exact) mass is 364 g/mol. The Balaban J connectivity index is 2.72. The number of carboxylic acid groups (broad SMARTS) is 1. The molecule has 4 N–H and O–H groups in total. The molecule has 0 aromatic heterocycles. The summed E-state index contributed by atoms with van der Waals surface area (Å²) in [6, 6.07) is 4.77. The molecule has 7 heteroatoms. The van der Waals surface area contributed by atoms with Gasteiger partial charge in [-0.25, -0.2) is 4.79 Å². The molecule has 0 fully saturated rings. The van der Waals surface area contributed by atoms with Crippen LogP contribution in [0.2, 0.25) is 0 Å². The van der Waals surface area contributed by atoms with Crippen molar-refractivity contribution >= 4 is 17.8 Å². The van der Waals surface area contributed by atoms with Crippen molar-refractivity contribution in [1.29, 1.82) is 0 Å². The highest BCUT2D eigenvalue weighted by Gasteiger charge is 2.32. The molecule has 0 aliphatic heterocycles. The third kappa shape index (κ3) is 7.23. The molecule has 0 aliphatic carbocycles. The van der Waals surface area contributed by atoms with Gasteiger partial charge in [0.15, 0.2) is 0 Å². The van der Waals surface area contributed by atoms with E-state index < -0.39 is 23.8 Å². The maximum Gasteiger partial charge on any atom is 0.327 e. The van der Waals surface area contributed by atoms with Gasteiger partial charge in [-0.1, -0.05) is 31.4 Å². The Morgan fingerprint density at radius 3 is 2.15 bits per heavy atom. The maximum atomic E-state index is 12.4. The van der Waals surface area contributed by atoms with Crippen molar-refractivity contribution in [3.05, 3.63) is 29.8 Å². The molecule has 0 heterocycles. The number of benzene rings is 1. The number of hydrogen-bond acceptors (Lipinski definition) is 5. The molecule has 144 valence electrons. The van der Waals surface area contributed by atoms with E-state index in [9.17, 15) is 24.6 Å². The zero-order chi connectivity index (χ0) is 19.5. The van der Waals surface area contributed by atoms with E-state index in [2.05, 4.69) is 0 Å². The molecule has 0 spiro atoms. The molecule has 26 heavy (non-hydrogen) atoms. The van der Waals surface area contributed by atoms with Gasteiger partial charge in [-0.05, 0) is 37.1 Å². The van der Waals surface area contributed by atoms with Gasteiger partial charge in [-0.15, -0.1) is 0 Å². The van der Waals surface area contributed by atoms with E-state index in [0.29, 0.717) is 18.5 Å². The largest absolute Gasteiger partial charge is 0.508 e. The number of carbonyl (C=O) groups is 3. The minimum absolute atomic E-state index is 0.00255. The molecule has 0 aliphatic rings. The molecule has 7 nitrogen and oxygen atoms in total. The van der Waals surface area contributed by atoms with Gasteiger partial charge in [0, 0.05) is 19.8 Å². The van der Waals surface area contributed by atoms with Crippen LogP contribution in [-0.2, 0) is 20.8 Å². The van der Waals surface area contributed by atoms with Gasteiger partial charge in [0.25, 0.3) is 0 Å². The number of aliphatic carboxylic acids is 1. The summed E-state index contributed by atoms with van der Waals surface area (Å²) in [6.07, 6.45) is 4.49. The van der Waals surface area contributed by atoms with Crippen LogP contribution in [0.5, 0.6) is 5.75 Å². The summed E-state index contributed by atoms with van der Waals surface area (Å²) in [7, 11) is 0. The van der Waals surface area contributed by atoms with E-state index in [-0.39, 0.29) is 18.6 Å². The lowest BCUT2D eigenvalue weighted by Crippen LogP contribution is -2.48. The number of phenolic OH excluding ortho intramolecular Hbond substituents is 1. The summed E-state index contributed by atoms with van der Waals surface area (Å²) in [5.41, 5.74) is 6.05. The van der Waals surface area contributed by atoms with Crippen LogP contribution in [-0.4, -0.2) is 45.5 Å². The van der Waals surface area contributed by atoms with Crippen molar-refractivity contribution in [2.75, 3.05) is 6.54 Å². The Bertz CT molecular complexity index is 600. The highest BCUT2D eigenvalue weighted by Crippen LogP contribution is 2.16. The first-order valence-electron chi connectivity index (χ1n) is 8.90. The predicted molar refractivity (Wildman–Crippen MR) is 97.5 cm³/mol. The average molecular weight is 364 g/mol. The molecular weight excluding hydrogens is 336 g/mol. The molecule has 1 unspecified atom stereocenters. The van der Waals surface area contributed by atoms with E-state index in [0.717, 1.165) is 30.6 Å². The maximum absolute atomic E-state index is 12.4. The zero-order valence-corrected chi connectivity index (χ0v) is 15.2. The van der Waals surface area contributed by atoms with Crippen molar-refractivity contribution < 1.29 is 24.6 Å². The standard InChI is InChI=1S/C19H28N2O5/c1-14(22)21(18(24)7-5-3-2-4-6-12-20)17(19(25)26)13-15-8-10-16(23)11-9-15/h8-11,17,23H,2-7,12-13,20H2,1H3,(H,25,26). The van der Waals surface area contributed by atoms with Crippen LogP contribution in [0.3, 0.4) is 0 Å². The van der Waals surface area contributed by atoms with Crippen LogP contribution >= 0.6 is 0 Å². The Morgan fingerprint density at radius 2 is 1.62 bits per heavy atom. The number of imide groups is 1. The first-order valence-corrected chi connectivity index (χ1v) is 8.90. The SMILES string of the molecule is CC(=O)N(C(=O)CCCCCCCN)C(Cc1ccc(O)cc1)C(=O)O. The van der Waals surface area contributed by atoms with E-state index in [4.69, 9.17) is 5.73 Å². The van der Waals surface area contributed by atoms with Crippen molar-refractivity contribution in [2.24, 2.45) is 5.73 Å². The number of carbonyl (C=O) groups excluding carboxylic acids is 2. The smallest absolute Gasteiger partial charge is 0.327 e. The number of carboxylic acids is 1. The summed E-state index contributed by atoms with van der Waals surface area (Å²) < 4.78 is 0. The van der Waals surface area contributed by atoms with Crippen molar-refractivity contribution in [3.8, 4) is 5.75 Å². The van der Waals surface area contributed by atoms with Crippen LogP contribution in [0.25, 0.3) is 0 Å². The first-order chi connectivity index (χ1) is 12.4. The third-order valence-electron chi connectivity index (χ3n) is 4.16. The minimum atomic E-state index is -1.26. The van der Waals surface area contributed by atoms with Crippen LogP contribution in [0.1, 0.15) is 51.0 Å². The number of nitrogens with zero attached hydrogens (tertiary/aromatic N) is 1. The van der Waals surface area contributed by atoms with E-state index in [1.165, 1.54) is 19.1 Å². The molecular formula is C19H28N2O5. The summed E-state index contributed by atoms with van der Waals surface area (Å²) in [5.74, 6) is -2.22. The van der Waals surface area contributed by atoms with E-state index in [1.54, 1.807) is 12.1 Å². The Kier molecular flexibility index (Phi) is 9.36. The molecule has 1 atom stereocenters. The summed E-state index contributed by atoms with van der Waals surface area (Å²) in [6.45, 7) is 1.85. The van der Waals surface area contributed by atoms with Gasteiger partial charge in [-0.3, -0.25) is 14.5 Å². The lowest BCUT2D eigenvalue weighted by atomic mass is 10.0. The second kappa shape index (κ2) is 11.3. The molecule has 1 rings (SSSR count). The van der Waals surface area contributed by atoms with Crippen LogP contribution < -0.4 is 5.73 Å². The van der Waals surface area contributed by atoms with Gasteiger partial charge >= 0.3 is 5.97 Å². The number of hydrogen-bond donors (Lipinski definition) is 3. The predicted octanol–water partition coefficient (Wildman–Crippen LogP) is 2.06. The lowest BCUT2D eigenvalue weighted by Gasteiger charge is -2.26. The van der Waals surface area contributed by atoms with Crippen LogP contribution in [0.15, 0.2) is 24.3 Å². The summed E-state index contributed by atoms with van der Waals surface area (Å²) in [4.78, 5) is 36.9. The molecule has 0 bridgehead atoms. The number of nitrogens with two attached hydrogens (primary N) is 1. The molecule has 0 radical (unpaired) electrons. The van der Waals surface area contributed by atoms with E-state index >= 15 is 0 Å². The Hall–Kier alpha value is -2.41. The van der Waals surface area contributed by atoms with Gasteiger partial charge < -0.3 is 15.9 Å². The fourth-order valence-electron chi connectivity index (χ4n) is 2.78. The first kappa shape index (κ1) is 21.6. The van der Waals surface area contributed by atoms with Gasteiger partial charge in [0.05, 0.1) is 0 Å². The number of phenols is 1. The Labute approximate surface area is 153 Å². The van der Waals surface area contributed by atoms with E-state index in [1.807, 2.05) is 0 Å². The number of amides is 2. The average Bonchev–Trinajstić information content (AvgIpc) is 2.58. The molecule has 2 amide bonds. The second-order valence-electron chi connectivity index (χ2n) is 6.31. The zero-order valence-electron chi connectivity index (χ0n) is 15.2. The van der Waals surface area contributed by atoms with Crippen molar-refractivity contribution in [3.63, 3.8) is 0 Å². The highest BCUT2D eigenvalue weighted by atomic mass is 16.4. The van der Waals surface area contributed by atoms with Crippen LogP contribution in [0, 0.1) is 0 Å². The normalized spacial score (nSPS) is 11.8. The second-order valence-corrected chi connectivity index (χ2v) is 6.31. The number of aromatic hydroxyl groups is 1. The van der Waals surface area contributed by atoms with Crippen molar-refractivity contribution in [1.82, 2.24) is 4.90 Å². The quantitative estimate of drug-likeness (QED) is 0.517. The molecule has 0 saturated carbocycles. The number of rotatable bonds is 11. The summed E-state index contributed by atoms with van der Waals surface area (Å²) in [5, 5.41) is 18.8. The molecule has 1 aromatic rings. The molecule has 0 saturated heterocycles. The van der Waals surface area contributed by atoms with Gasteiger partial charge in [-0.2, -0.15) is 0 Å². The lowest BCUT2D eigenvalue weighted by molar-refractivity contribution is -0.157. The Morgan fingerprint density at radius 1 is 1.04 bits per heavy atom. The minimum Gasteiger partial charge on any atom is -0.508 e. The van der Waals surface area contributed by atoms with Crippen molar-refractivity contribution in [2.45, 2.75) is 57.9 Å². The van der Waals surface area contributed by atoms with Crippen LogP contribution in [0.4, 0.5) is 0 Å². The van der Waals surface area contributed by atoms with Gasteiger partial charge in [0.1, 0.15) is 11.8 Å². The topological polar surface area (TPSA) is 121 Å². The fourth-order valence-corrected chi connectivity index (χ4v) is 2.78. The van der Waals surface area contributed by atoms with Gasteiger partial charge in [0.2, 0.25) is 11.8 Å². The molecule has 1 aromatic carbocycles. The third-order valence-corrected chi connectivity index (χ3v) is 4.16. The summed E-state index contributed by atoms with van der Waals surface area (Å²) >= 11 is 0. The number of unbranched alkanes of at least 4 members (excludes halogenated alkanes) is 4. The fraction of sp³-hybridized carbons (Fsp3) is 0.526. The highest BCUT2D eigenvalue weighted by molar-refractivity contribution is 5.98.